The number of hydrogen-bond acceptors (Lipinski definition) is 7. The molecule has 0 bridgehead atoms. The molecule has 2 N–H and O–H groups in total. The fourth-order valence-electron chi connectivity index (χ4n) is 1.79. The molecule has 0 aliphatic heterocycles. The van der Waals surface area contributed by atoms with Crippen LogP contribution in [-0.4, -0.2) is 44.2 Å². The highest BCUT2D eigenvalue weighted by atomic mass is 32.2. The van der Waals surface area contributed by atoms with E-state index in [9.17, 15) is 13.2 Å². The van der Waals surface area contributed by atoms with Crippen LogP contribution >= 0.6 is 0 Å². The van der Waals surface area contributed by atoms with Gasteiger partial charge in [0.15, 0.2) is 0 Å². The topological polar surface area (TPSA) is 115 Å². The number of aromatic nitrogens is 1. The molecule has 0 saturated carbocycles. The number of carbonyl (C=O) groups excluding carboxylic acids is 1. The molecule has 0 aliphatic carbocycles. The average molecular weight is 352 g/mol. The first-order valence-electron chi connectivity index (χ1n) is 6.85. The summed E-state index contributed by atoms with van der Waals surface area (Å²) >= 11 is 0. The fraction of sp³-hybridized carbons (Fsp3) is 0.200. The van der Waals surface area contributed by atoms with Crippen LogP contribution < -0.4 is 9.46 Å². The monoisotopic (exact) mass is 352 g/mol. The minimum atomic E-state index is -3.99. The Morgan fingerprint density at radius 2 is 1.75 bits per heavy atom. The van der Waals surface area contributed by atoms with E-state index in [1.54, 1.807) is 24.5 Å². The average Bonchev–Trinajstić information content (AvgIpc) is 2.60. The second-order valence-electron chi connectivity index (χ2n) is 4.64. The van der Waals surface area contributed by atoms with Gasteiger partial charge >= 0.3 is 5.97 Å². The molecule has 1 unspecified atom stereocenters. The van der Waals surface area contributed by atoms with Gasteiger partial charge in [-0.3, -0.25) is 9.78 Å². The second-order valence-corrected chi connectivity index (χ2v) is 6.35. The van der Waals surface area contributed by atoms with Gasteiger partial charge in [-0.15, -0.1) is 0 Å². The Hall–Kier alpha value is -2.49. The number of nitrogens with one attached hydrogen (secondary N) is 1. The number of pyridine rings is 1. The van der Waals surface area contributed by atoms with E-state index in [2.05, 4.69) is 14.4 Å². The smallest absolute Gasteiger partial charge is 0.326 e. The number of sulfonamides is 1. The molecule has 2 aromatic rings. The maximum absolute atomic E-state index is 12.2. The Morgan fingerprint density at radius 1 is 1.17 bits per heavy atom. The third kappa shape index (κ3) is 4.51. The molecule has 24 heavy (non-hydrogen) atoms. The standard InChI is InChI=1S/C15H16N2O6S/c1-22-15(19)14(10-18)17-24(20,21)13-4-2-11(3-5-13)23-12-6-8-16-9-7-12/h2-9,14,17-18H,10H2,1H3. The van der Waals surface area contributed by atoms with Crippen molar-refractivity contribution in [1.29, 1.82) is 0 Å². The van der Waals surface area contributed by atoms with Gasteiger partial charge < -0.3 is 14.6 Å². The summed E-state index contributed by atoms with van der Waals surface area (Å²) in [5, 5.41) is 9.09. The van der Waals surface area contributed by atoms with Gasteiger partial charge in [0.2, 0.25) is 10.0 Å². The third-order valence-electron chi connectivity index (χ3n) is 2.99. The Balaban J connectivity index is 2.12. The van der Waals surface area contributed by atoms with Crippen LogP contribution in [0.1, 0.15) is 0 Å². The Labute approximate surface area is 139 Å². The van der Waals surface area contributed by atoms with E-state index in [-0.39, 0.29) is 4.90 Å². The van der Waals surface area contributed by atoms with Gasteiger partial charge in [-0.25, -0.2) is 8.42 Å². The number of esters is 1. The van der Waals surface area contributed by atoms with Gasteiger partial charge in [-0.2, -0.15) is 4.72 Å². The van der Waals surface area contributed by atoms with Crippen LogP contribution in [0.4, 0.5) is 0 Å². The molecular formula is C15H16N2O6S. The zero-order valence-corrected chi connectivity index (χ0v) is 13.6. The molecule has 0 radical (unpaired) electrons. The predicted molar refractivity (Wildman–Crippen MR) is 84.0 cm³/mol. The van der Waals surface area contributed by atoms with E-state index in [0.29, 0.717) is 11.5 Å². The van der Waals surface area contributed by atoms with Gasteiger partial charge in [0.1, 0.15) is 17.5 Å². The Morgan fingerprint density at radius 3 is 2.29 bits per heavy atom. The van der Waals surface area contributed by atoms with Crippen molar-refractivity contribution in [3.05, 3.63) is 48.8 Å². The van der Waals surface area contributed by atoms with Crippen molar-refractivity contribution in [3.8, 4) is 11.5 Å². The molecule has 128 valence electrons. The fourth-order valence-corrected chi connectivity index (χ4v) is 2.96. The lowest BCUT2D eigenvalue weighted by atomic mass is 10.3. The van der Waals surface area contributed by atoms with Crippen LogP contribution in [0.3, 0.4) is 0 Å². The minimum Gasteiger partial charge on any atom is -0.468 e. The molecule has 0 aliphatic rings. The highest BCUT2D eigenvalue weighted by Gasteiger charge is 2.25. The molecule has 1 aromatic heterocycles. The van der Waals surface area contributed by atoms with E-state index in [1.807, 2.05) is 0 Å². The Bertz CT molecular complexity index is 777. The molecular weight excluding hydrogens is 336 g/mol. The summed E-state index contributed by atoms with van der Waals surface area (Å²) in [5.74, 6) is 0.121. The third-order valence-corrected chi connectivity index (χ3v) is 4.47. The zero-order chi connectivity index (χ0) is 17.6. The van der Waals surface area contributed by atoms with Gasteiger partial charge in [0.25, 0.3) is 0 Å². The molecule has 1 heterocycles. The summed E-state index contributed by atoms with van der Waals surface area (Å²) < 4.78 is 36.5. The molecule has 9 heteroatoms. The molecule has 1 atom stereocenters. The number of carbonyl (C=O) groups is 1. The number of nitrogens with zero attached hydrogens (tertiary/aromatic N) is 1. The lowest BCUT2D eigenvalue weighted by molar-refractivity contribution is -0.143. The van der Waals surface area contributed by atoms with E-state index in [0.717, 1.165) is 7.11 Å². The SMILES string of the molecule is COC(=O)C(CO)NS(=O)(=O)c1ccc(Oc2ccncc2)cc1. The van der Waals surface area contributed by atoms with Crippen molar-refractivity contribution in [2.75, 3.05) is 13.7 Å². The summed E-state index contributed by atoms with van der Waals surface area (Å²) in [6.45, 7) is -0.713. The number of rotatable bonds is 7. The summed E-state index contributed by atoms with van der Waals surface area (Å²) in [6, 6.07) is 7.55. The van der Waals surface area contributed by atoms with Crippen molar-refractivity contribution in [1.82, 2.24) is 9.71 Å². The van der Waals surface area contributed by atoms with E-state index in [4.69, 9.17) is 9.84 Å². The van der Waals surface area contributed by atoms with Crippen molar-refractivity contribution >= 4 is 16.0 Å². The van der Waals surface area contributed by atoms with E-state index in [1.165, 1.54) is 24.3 Å². The number of aliphatic hydroxyl groups is 1. The van der Waals surface area contributed by atoms with Crippen LogP contribution in [0, 0.1) is 0 Å². The lowest BCUT2D eigenvalue weighted by Gasteiger charge is -2.14. The quantitative estimate of drug-likeness (QED) is 0.704. The summed E-state index contributed by atoms with van der Waals surface area (Å²) in [7, 11) is -2.89. The first-order chi connectivity index (χ1) is 11.5. The first-order valence-corrected chi connectivity index (χ1v) is 8.33. The molecule has 0 saturated heterocycles. The van der Waals surface area contributed by atoms with Crippen molar-refractivity contribution in [2.45, 2.75) is 10.9 Å². The predicted octanol–water partition coefficient (Wildman–Crippen LogP) is 0.686. The van der Waals surface area contributed by atoms with Crippen LogP contribution in [0.2, 0.25) is 0 Å². The van der Waals surface area contributed by atoms with Crippen LogP contribution in [0.15, 0.2) is 53.7 Å². The minimum absolute atomic E-state index is 0.0769. The Kier molecular flexibility index (Phi) is 5.85. The maximum atomic E-state index is 12.2. The number of benzene rings is 1. The van der Waals surface area contributed by atoms with Crippen molar-refractivity contribution in [3.63, 3.8) is 0 Å². The van der Waals surface area contributed by atoms with E-state index < -0.39 is 28.6 Å². The number of hydrogen-bond donors (Lipinski definition) is 2. The number of methoxy groups -OCH3 is 1. The number of ether oxygens (including phenoxy) is 2. The molecule has 0 spiro atoms. The molecule has 8 nitrogen and oxygen atoms in total. The summed E-state index contributed by atoms with van der Waals surface area (Å²) in [4.78, 5) is 15.2. The largest absolute Gasteiger partial charge is 0.468 e. The second kappa shape index (κ2) is 7.86. The van der Waals surface area contributed by atoms with Gasteiger partial charge in [-0.05, 0) is 36.4 Å². The highest BCUT2D eigenvalue weighted by Crippen LogP contribution is 2.22. The zero-order valence-electron chi connectivity index (χ0n) is 12.7. The summed E-state index contributed by atoms with van der Waals surface area (Å²) in [5.41, 5.74) is 0. The highest BCUT2D eigenvalue weighted by molar-refractivity contribution is 7.89. The molecule has 2 rings (SSSR count). The van der Waals surface area contributed by atoms with Gasteiger partial charge in [-0.1, -0.05) is 0 Å². The molecule has 0 amide bonds. The molecule has 1 aromatic carbocycles. The summed E-state index contributed by atoms with van der Waals surface area (Å²) in [6.07, 6.45) is 3.14. The van der Waals surface area contributed by atoms with Crippen molar-refractivity contribution < 1.29 is 27.8 Å². The van der Waals surface area contributed by atoms with Crippen LogP contribution in [-0.2, 0) is 19.6 Å². The van der Waals surface area contributed by atoms with Crippen molar-refractivity contribution in [2.24, 2.45) is 0 Å². The lowest BCUT2D eigenvalue weighted by Crippen LogP contribution is -2.43. The van der Waals surface area contributed by atoms with Gasteiger partial charge in [0.05, 0.1) is 18.6 Å². The molecule has 0 fully saturated rings. The normalized spacial score (nSPS) is 12.4. The first kappa shape index (κ1) is 17.9. The van der Waals surface area contributed by atoms with Crippen LogP contribution in [0.25, 0.3) is 0 Å². The number of aliphatic hydroxyl groups excluding tert-OH is 1. The van der Waals surface area contributed by atoms with Crippen LogP contribution in [0.5, 0.6) is 11.5 Å². The maximum Gasteiger partial charge on any atom is 0.326 e. The van der Waals surface area contributed by atoms with Gasteiger partial charge in [0, 0.05) is 12.4 Å². The van der Waals surface area contributed by atoms with E-state index >= 15 is 0 Å².